The normalized spacial score (nSPS) is 20.7. The summed E-state index contributed by atoms with van der Waals surface area (Å²) in [5.74, 6) is -1.70. The second-order valence-electron chi connectivity index (χ2n) is 10.1. The molecule has 4 rings (SSSR count). The smallest absolute Gasteiger partial charge is 0.247 e. The third-order valence-electron chi connectivity index (χ3n) is 7.28. The Labute approximate surface area is 236 Å². The second-order valence-corrected chi connectivity index (χ2v) is 10.1. The lowest BCUT2D eigenvalue weighted by Crippen LogP contribution is -2.55. The van der Waals surface area contributed by atoms with Gasteiger partial charge in [0, 0.05) is 42.6 Å². The number of carbonyl (C=O) groups is 4. The molecule has 0 radical (unpaired) electrons. The topological polar surface area (TPSA) is 142 Å². The first kappa shape index (κ1) is 29.9. The first-order valence-electron chi connectivity index (χ1n) is 13.3. The van der Waals surface area contributed by atoms with E-state index in [1.165, 1.54) is 55.3 Å². The van der Waals surface area contributed by atoms with Crippen LogP contribution in [0.25, 0.3) is 0 Å². The number of rotatable bonds is 12. The molecule has 1 aliphatic carbocycles. The zero-order valence-corrected chi connectivity index (χ0v) is 22.8. The molecule has 3 N–H and O–H groups in total. The lowest BCUT2D eigenvalue weighted by molar-refractivity contribution is -0.138. The lowest BCUT2D eigenvalue weighted by atomic mass is 9.77. The van der Waals surface area contributed by atoms with Gasteiger partial charge in [-0.1, -0.05) is 12.1 Å². The molecule has 0 spiro atoms. The van der Waals surface area contributed by atoms with Crippen molar-refractivity contribution in [2.24, 2.45) is 0 Å². The molecule has 4 unspecified atom stereocenters. The van der Waals surface area contributed by atoms with Crippen LogP contribution in [0.2, 0.25) is 0 Å². The zero-order chi connectivity index (χ0) is 29.7. The number of ether oxygens (including phenoxy) is 2. The van der Waals surface area contributed by atoms with Crippen LogP contribution in [0.5, 0.6) is 11.5 Å². The van der Waals surface area contributed by atoms with E-state index in [1.54, 1.807) is 6.07 Å². The molecule has 41 heavy (non-hydrogen) atoms. The number of aldehydes is 1. The van der Waals surface area contributed by atoms with Crippen molar-refractivity contribution >= 4 is 23.9 Å². The Bertz CT molecular complexity index is 1340. The number of ketones is 1. The summed E-state index contributed by atoms with van der Waals surface area (Å²) in [6, 6.07) is 7.59. The van der Waals surface area contributed by atoms with E-state index in [2.05, 4.69) is 5.32 Å². The molecular weight excluding hydrogens is 535 g/mol. The monoisotopic (exact) mass is 568 g/mol. The minimum absolute atomic E-state index is 0.00804. The van der Waals surface area contributed by atoms with Crippen molar-refractivity contribution in [2.75, 3.05) is 20.3 Å². The zero-order valence-electron chi connectivity index (χ0n) is 22.8. The maximum atomic E-state index is 13.6. The van der Waals surface area contributed by atoms with Gasteiger partial charge in [-0.25, -0.2) is 4.39 Å². The molecule has 0 bridgehead atoms. The number of benzene rings is 2. The molecule has 0 aromatic heterocycles. The average molecular weight is 569 g/mol. The molecule has 10 nitrogen and oxygen atoms in total. The van der Waals surface area contributed by atoms with Crippen LogP contribution in [-0.4, -0.2) is 77.5 Å². The van der Waals surface area contributed by atoms with Crippen LogP contribution in [0, 0.1) is 5.82 Å². The number of halogens is 1. The Balaban J connectivity index is 1.79. The van der Waals surface area contributed by atoms with Crippen LogP contribution >= 0.6 is 0 Å². The van der Waals surface area contributed by atoms with Gasteiger partial charge < -0.3 is 34.7 Å². The first-order chi connectivity index (χ1) is 19.7. The molecular formula is C30H33FN2O8. The molecule has 11 heteroatoms. The van der Waals surface area contributed by atoms with Gasteiger partial charge in [0.1, 0.15) is 30.1 Å². The van der Waals surface area contributed by atoms with Gasteiger partial charge in [0.05, 0.1) is 25.7 Å². The van der Waals surface area contributed by atoms with Gasteiger partial charge in [-0.3, -0.25) is 14.4 Å². The summed E-state index contributed by atoms with van der Waals surface area (Å²) in [5, 5.41) is 23.6. The van der Waals surface area contributed by atoms with Crippen LogP contribution in [0.4, 0.5) is 4.39 Å². The van der Waals surface area contributed by atoms with Crippen molar-refractivity contribution in [3.63, 3.8) is 0 Å². The maximum absolute atomic E-state index is 13.6. The largest absolute Gasteiger partial charge is 0.493 e. The van der Waals surface area contributed by atoms with E-state index >= 15 is 0 Å². The molecule has 2 amide bonds. The Kier molecular flexibility index (Phi) is 9.51. The Morgan fingerprint density at radius 2 is 1.90 bits per heavy atom. The minimum atomic E-state index is -1.32. The molecule has 0 saturated heterocycles. The SMILES string of the molecule is COc1cc(C=O)cc2c1OC1C2C(C(=O)NCCO)=CC(N(Cc2ccc(F)cc2)C(=O)CCCC(C)=O)C1O. The van der Waals surface area contributed by atoms with Crippen molar-refractivity contribution in [1.82, 2.24) is 10.2 Å². The van der Waals surface area contributed by atoms with Crippen molar-refractivity contribution in [1.29, 1.82) is 0 Å². The highest BCUT2D eigenvalue weighted by atomic mass is 19.1. The summed E-state index contributed by atoms with van der Waals surface area (Å²) in [5.41, 5.74) is 1.53. The molecule has 1 heterocycles. The van der Waals surface area contributed by atoms with Crippen LogP contribution < -0.4 is 14.8 Å². The standard InChI is InChI=1S/C30H33FN2O8/c1-17(36)4-3-5-25(37)33(15-18-6-8-20(31)9-7-18)23-14-22(30(39)32-10-11-34)26-21-12-19(16-35)13-24(40-2)28(21)41-29(26)27(23)38/h6-9,12-14,16,23,26-27,29,34,38H,3-5,10-11,15H2,1-2H3,(H,32,39). The Morgan fingerprint density at radius 1 is 1.17 bits per heavy atom. The quantitative estimate of drug-likeness (QED) is 0.331. The van der Waals surface area contributed by atoms with E-state index < -0.39 is 35.9 Å². The number of Topliss-reactive ketones (excluding diaryl/α,β-unsaturated/α-hetero) is 1. The van der Waals surface area contributed by atoms with E-state index in [-0.39, 0.29) is 66.9 Å². The van der Waals surface area contributed by atoms with E-state index in [1.807, 2.05) is 0 Å². The van der Waals surface area contributed by atoms with Crippen LogP contribution in [0.15, 0.2) is 48.0 Å². The average Bonchev–Trinajstić information content (AvgIpc) is 3.35. The van der Waals surface area contributed by atoms with Gasteiger partial charge in [0.25, 0.3) is 0 Å². The number of carbonyl (C=O) groups excluding carboxylic acids is 4. The number of methoxy groups -OCH3 is 1. The van der Waals surface area contributed by atoms with Gasteiger partial charge >= 0.3 is 0 Å². The summed E-state index contributed by atoms with van der Waals surface area (Å²) in [6.45, 7) is 1.09. The van der Waals surface area contributed by atoms with E-state index in [0.29, 0.717) is 23.8 Å². The summed E-state index contributed by atoms with van der Waals surface area (Å²) in [4.78, 5) is 51.5. The van der Waals surface area contributed by atoms with Crippen molar-refractivity contribution < 1.29 is 43.3 Å². The van der Waals surface area contributed by atoms with E-state index in [4.69, 9.17) is 9.47 Å². The highest BCUT2D eigenvalue weighted by molar-refractivity contribution is 5.96. The predicted octanol–water partition coefficient (Wildman–Crippen LogP) is 2.06. The molecule has 1 aliphatic heterocycles. The third kappa shape index (κ3) is 6.47. The molecule has 0 saturated carbocycles. The van der Waals surface area contributed by atoms with Crippen LogP contribution in [-0.2, 0) is 20.9 Å². The number of nitrogens with zero attached hydrogens (tertiary/aromatic N) is 1. The number of hydrogen-bond acceptors (Lipinski definition) is 8. The number of aliphatic hydroxyl groups excluding tert-OH is 2. The molecule has 218 valence electrons. The molecule has 2 aliphatic rings. The summed E-state index contributed by atoms with van der Waals surface area (Å²) in [6.07, 6.45) is 0.311. The Hall–Kier alpha value is -4.09. The van der Waals surface area contributed by atoms with Crippen LogP contribution in [0.3, 0.4) is 0 Å². The fourth-order valence-electron chi connectivity index (χ4n) is 5.34. The predicted molar refractivity (Wildman–Crippen MR) is 145 cm³/mol. The van der Waals surface area contributed by atoms with Crippen LogP contribution in [0.1, 0.15) is 53.6 Å². The van der Waals surface area contributed by atoms with Gasteiger partial charge in [0.15, 0.2) is 11.5 Å². The lowest BCUT2D eigenvalue weighted by Gasteiger charge is -2.41. The van der Waals surface area contributed by atoms with Gasteiger partial charge in [-0.05, 0) is 49.2 Å². The van der Waals surface area contributed by atoms with Crippen molar-refractivity contribution in [2.45, 2.75) is 56.9 Å². The minimum Gasteiger partial charge on any atom is -0.493 e. The fraction of sp³-hybridized carbons (Fsp3) is 0.400. The highest BCUT2D eigenvalue weighted by Crippen LogP contribution is 2.51. The summed E-state index contributed by atoms with van der Waals surface area (Å²) in [7, 11) is 1.41. The number of fused-ring (bicyclic) bond motifs is 3. The van der Waals surface area contributed by atoms with Gasteiger partial charge in [-0.2, -0.15) is 0 Å². The third-order valence-corrected chi connectivity index (χ3v) is 7.28. The number of nitrogens with one attached hydrogen (secondary N) is 1. The number of aliphatic hydroxyl groups is 2. The van der Waals surface area contributed by atoms with E-state index in [0.717, 1.165) is 0 Å². The molecule has 0 fully saturated rings. The van der Waals surface area contributed by atoms with Crippen molar-refractivity contribution in [3.05, 3.63) is 70.6 Å². The molecule has 2 aromatic carbocycles. The van der Waals surface area contributed by atoms with Gasteiger partial charge in [0.2, 0.25) is 11.8 Å². The fourth-order valence-corrected chi connectivity index (χ4v) is 5.34. The summed E-state index contributed by atoms with van der Waals surface area (Å²) >= 11 is 0. The molecule has 2 aromatic rings. The van der Waals surface area contributed by atoms with Crippen molar-refractivity contribution in [3.8, 4) is 11.5 Å². The van der Waals surface area contributed by atoms with Gasteiger partial charge in [-0.15, -0.1) is 0 Å². The molecule has 4 atom stereocenters. The highest BCUT2D eigenvalue weighted by Gasteiger charge is 2.51. The maximum Gasteiger partial charge on any atom is 0.247 e. The number of hydrogen-bond donors (Lipinski definition) is 3. The Morgan fingerprint density at radius 3 is 2.54 bits per heavy atom. The number of amides is 2. The second kappa shape index (κ2) is 13.0. The summed E-state index contributed by atoms with van der Waals surface area (Å²) < 4.78 is 25.2. The first-order valence-corrected chi connectivity index (χ1v) is 13.3. The van der Waals surface area contributed by atoms with E-state index in [9.17, 15) is 33.8 Å².